The third kappa shape index (κ3) is 5.47. The second-order valence-electron chi connectivity index (χ2n) is 4.80. The molecule has 2 unspecified atom stereocenters. The summed E-state index contributed by atoms with van der Waals surface area (Å²) < 4.78 is 19.1. The van der Waals surface area contributed by atoms with Crippen LogP contribution in [0.2, 0.25) is 5.02 Å². The molecule has 0 aliphatic carbocycles. The van der Waals surface area contributed by atoms with Crippen LogP contribution in [0.5, 0.6) is 0 Å². The zero-order valence-corrected chi connectivity index (χ0v) is 12.6. The first-order chi connectivity index (χ1) is 9.08. The smallest absolute Gasteiger partial charge is 0.145 e. The SMILES string of the molecule is CCNC(CCC(C)OC)Cc1cccc(Cl)c1F. The summed E-state index contributed by atoms with van der Waals surface area (Å²) in [5.41, 5.74) is 0.670. The van der Waals surface area contributed by atoms with Crippen molar-refractivity contribution in [2.45, 2.75) is 45.3 Å². The average molecular weight is 288 g/mol. The molecule has 2 atom stereocenters. The van der Waals surface area contributed by atoms with Gasteiger partial charge < -0.3 is 10.1 Å². The molecule has 0 amide bonds. The van der Waals surface area contributed by atoms with E-state index in [1.807, 2.05) is 6.92 Å². The van der Waals surface area contributed by atoms with Gasteiger partial charge >= 0.3 is 0 Å². The van der Waals surface area contributed by atoms with Crippen LogP contribution in [0.1, 0.15) is 32.3 Å². The first kappa shape index (κ1) is 16.4. The maximum absolute atomic E-state index is 13.9. The van der Waals surface area contributed by atoms with Gasteiger partial charge in [-0.15, -0.1) is 0 Å². The van der Waals surface area contributed by atoms with Gasteiger partial charge in [0.15, 0.2) is 0 Å². The number of hydrogen-bond donors (Lipinski definition) is 1. The monoisotopic (exact) mass is 287 g/mol. The number of nitrogens with one attached hydrogen (secondary N) is 1. The quantitative estimate of drug-likeness (QED) is 0.785. The van der Waals surface area contributed by atoms with E-state index < -0.39 is 0 Å². The van der Waals surface area contributed by atoms with E-state index >= 15 is 0 Å². The van der Waals surface area contributed by atoms with Crippen molar-refractivity contribution in [3.63, 3.8) is 0 Å². The minimum Gasteiger partial charge on any atom is -0.382 e. The lowest BCUT2D eigenvalue weighted by molar-refractivity contribution is 0.106. The molecule has 1 aromatic rings. The Hall–Kier alpha value is -0.640. The fourth-order valence-electron chi connectivity index (χ4n) is 2.09. The van der Waals surface area contributed by atoms with Crippen LogP contribution in [0, 0.1) is 5.82 Å². The van der Waals surface area contributed by atoms with Crippen molar-refractivity contribution in [2.24, 2.45) is 0 Å². The molecule has 0 spiro atoms. The molecule has 108 valence electrons. The molecule has 1 rings (SSSR count). The summed E-state index contributed by atoms with van der Waals surface area (Å²) >= 11 is 5.81. The van der Waals surface area contributed by atoms with Crippen LogP contribution in [0.25, 0.3) is 0 Å². The maximum Gasteiger partial charge on any atom is 0.145 e. The summed E-state index contributed by atoms with van der Waals surface area (Å²) in [7, 11) is 1.71. The molecule has 19 heavy (non-hydrogen) atoms. The number of halogens is 2. The average Bonchev–Trinajstić information content (AvgIpc) is 2.41. The Morgan fingerprint density at radius 3 is 2.74 bits per heavy atom. The summed E-state index contributed by atoms with van der Waals surface area (Å²) in [5, 5.41) is 3.58. The van der Waals surface area contributed by atoms with Gasteiger partial charge in [0, 0.05) is 13.2 Å². The van der Waals surface area contributed by atoms with Crippen molar-refractivity contribution >= 4 is 11.6 Å². The van der Waals surface area contributed by atoms with E-state index in [2.05, 4.69) is 12.2 Å². The Kier molecular flexibility index (Phi) is 7.36. The number of methoxy groups -OCH3 is 1. The van der Waals surface area contributed by atoms with Crippen LogP contribution < -0.4 is 5.32 Å². The predicted octanol–water partition coefficient (Wildman–Crippen LogP) is 3.81. The summed E-state index contributed by atoms with van der Waals surface area (Å²) in [6, 6.07) is 5.42. The van der Waals surface area contributed by atoms with Crippen LogP contribution in [0.3, 0.4) is 0 Å². The second kappa shape index (κ2) is 8.51. The first-order valence-corrected chi connectivity index (χ1v) is 7.15. The Morgan fingerprint density at radius 2 is 2.11 bits per heavy atom. The fourth-order valence-corrected chi connectivity index (χ4v) is 2.28. The predicted molar refractivity (Wildman–Crippen MR) is 78.3 cm³/mol. The normalized spacial score (nSPS) is 14.4. The second-order valence-corrected chi connectivity index (χ2v) is 5.20. The van der Waals surface area contributed by atoms with Gasteiger partial charge in [-0.2, -0.15) is 0 Å². The Morgan fingerprint density at radius 1 is 1.37 bits per heavy atom. The largest absolute Gasteiger partial charge is 0.382 e. The Bertz CT molecular complexity index is 386. The highest BCUT2D eigenvalue weighted by atomic mass is 35.5. The summed E-state index contributed by atoms with van der Waals surface area (Å²) in [6.07, 6.45) is 2.78. The summed E-state index contributed by atoms with van der Waals surface area (Å²) in [6.45, 7) is 4.97. The molecule has 2 nitrogen and oxygen atoms in total. The highest BCUT2D eigenvalue weighted by Gasteiger charge is 2.14. The zero-order valence-electron chi connectivity index (χ0n) is 11.9. The van der Waals surface area contributed by atoms with Crippen LogP contribution in [0.4, 0.5) is 4.39 Å². The lowest BCUT2D eigenvalue weighted by Gasteiger charge is -2.20. The van der Waals surface area contributed by atoms with Crippen molar-refractivity contribution in [3.8, 4) is 0 Å². The van der Waals surface area contributed by atoms with Gasteiger partial charge in [-0.25, -0.2) is 4.39 Å². The summed E-state index contributed by atoms with van der Waals surface area (Å²) in [4.78, 5) is 0. The van der Waals surface area contributed by atoms with Gasteiger partial charge in [-0.05, 0) is 44.4 Å². The number of hydrogen-bond acceptors (Lipinski definition) is 2. The molecule has 4 heteroatoms. The van der Waals surface area contributed by atoms with Crippen LogP contribution in [-0.2, 0) is 11.2 Å². The van der Waals surface area contributed by atoms with E-state index in [9.17, 15) is 4.39 Å². The molecule has 0 radical (unpaired) electrons. The van der Waals surface area contributed by atoms with Crippen molar-refractivity contribution in [3.05, 3.63) is 34.6 Å². The third-order valence-electron chi connectivity index (χ3n) is 3.31. The van der Waals surface area contributed by atoms with Gasteiger partial charge in [0.25, 0.3) is 0 Å². The number of likely N-dealkylation sites (N-methyl/N-ethyl adjacent to an activating group) is 1. The van der Waals surface area contributed by atoms with Crippen LogP contribution in [-0.4, -0.2) is 25.8 Å². The Balaban J connectivity index is 2.64. The van der Waals surface area contributed by atoms with Gasteiger partial charge in [-0.3, -0.25) is 0 Å². The molecular formula is C15H23ClFNO. The van der Waals surface area contributed by atoms with E-state index in [0.29, 0.717) is 12.0 Å². The number of ether oxygens (including phenoxy) is 1. The molecule has 1 N–H and O–H groups in total. The Labute approximate surface area is 120 Å². The minimum atomic E-state index is -0.299. The van der Waals surface area contributed by atoms with E-state index in [1.54, 1.807) is 25.3 Å². The van der Waals surface area contributed by atoms with E-state index in [1.165, 1.54) is 0 Å². The van der Waals surface area contributed by atoms with Crippen molar-refractivity contribution < 1.29 is 9.13 Å². The standard InChI is InChI=1S/C15H23ClFNO/c1-4-18-13(9-8-11(2)19-3)10-12-6-5-7-14(16)15(12)17/h5-7,11,13,18H,4,8-10H2,1-3H3. The topological polar surface area (TPSA) is 21.3 Å². The van der Waals surface area contributed by atoms with Crippen molar-refractivity contribution in [2.75, 3.05) is 13.7 Å². The first-order valence-electron chi connectivity index (χ1n) is 6.77. The maximum atomic E-state index is 13.9. The zero-order chi connectivity index (χ0) is 14.3. The van der Waals surface area contributed by atoms with E-state index in [4.69, 9.17) is 16.3 Å². The lowest BCUT2D eigenvalue weighted by atomic mass is 10.00. The molecule has 0 saturated carbocycles. The van der Waals surface area contributed by atoms with Crippen LogP contribution in [0.15, 0.2) is 18.2 Å². The van der Waals surface area contributed by atoms with Gasteiger partial charge in [0.05, 0.1) is 11.1 Å². The molecule has 0 fully saturated rings. The number of rotatable bonds is 8. The van der Waals surface area contributed by atoms with Crippen molar-refractivity contribution in [1.82, 2.24) is 5.32 Å². The van der Waals surface area contributed by atoms with E-state index in [0.717, 1.165) is 19.4 Å². The fraction of sp³-hybridized carbons (Fsp3) is 0.600. The molecule has 0 saturated heterocycles. The molecule has 1 aromatic carbocycles. The van der Waals surface area contributed by atoms with Crippen LogP contribution >= 0.6 is 11.6 Å². The van der Waals surface area contributed by atoms with Gasteiger partial charge in [-0.1, -0.05) is 30.7 Å². The van der Waals surface area contributed by atoms with E-state index in [-0.39, 0.29) is 23.0 Å². The molecule has 0 aliphatic heterocycles. The number of benzene rings is 1. The van der Waals surface area contributed by atoms with Gasteiger partial charge in [0.2, 0.25) is 0 Å². The molecule has 0 bridgehead atoms. The molecule has 0 aromatic heterocycles. The third-order valence-corrected chi connectivity index (χ3v) is 3.61. The van der Waals surface area contributed by atoms with Crippen molar-refractivity contribution in [1.29, 1.82) is 0 Å². The lowest BCUT2D eigenvalue weighted by Crippen LogP contribution is -2.32. The molecular weight excluding hydrogens is 265 g/mol. The molecule has 0 aliphatic rings. The highest BCUT2D eigenvalue weighted by Crippen LogP contribution is 2.20. The van der Waals surface area contributed by atoms with Gasteiger partial charge in [0.1, 0.15) is 5.82 Å². The summed E-state index contributed by atoms with van der Waals surface area (Å²) in [5.74, 6) is -0.299. The highest BCUT2D eigenvalue weighted by molar-refractivity contribution is 6.30. The molecule has 0 heterocycles. The minimum absolute atomic E-state index is 0.193.